The first kappa shape index (κ1) is 12.0. The molecule has 1 saturated heterocycles. The highest BCUT2D eigenvalue weighted by Gasteiger charge is 2.24. The van der Waals surface area contributed by atoms with Crippen LogP contribution in [0.3, 0.4) is 0 Å². The molecular weight excluding hydrogens is 250 g/mol. The summed E-state index contributed by atoms with van der Waals surface area (Å²) in [5, 5.41) is 17.2. The molecule has 98 valence electrons. The van der Waals surface area contributed by atoms with Crippen LogP contribution in [-0.2, 0) is 11.2 Å². The minimum Gasteiger partial charge on any atom is -0.370 e. The predicted molar refractivity (Wildman–Crippen MR) is 68.8 cm³/mol. The van der Waals surface area contributed by atoms with Crippen molar-refractivity contribution in [3.05, 3.63) is 10.8 Å². The highest BCUT2D eigenvalue weighted by molar-refractivity contribution is 7.16. The average Bonchev–Trinajstić information content (AvgIpc) is 3.03. The van der Waals surface area contributed by atoms with E-state index >= 15 is 0 Å². The van der Waals surface area contributed by atoms with Crippen LogP contribution in [-0.4, -0.2) is 40.0 Å². The fourth-order valence-electron chi connectivity index (χ4n) is 2.17. The van der Waals surface area contributed by atoms with Crippen molar-refractivity contribution in [3.63, 3.8) is 0 Å². The molecule has 1 unspecified atom stereocenters. The third-order valence-corrected chi connectivity index (χ3v) is 4.05. The van der Waals surface area contributed by atoms with Crippen molar-refractivity contribution in [3.8, 4) is 0 Å². The molecular formula is C11H17N5OS. The lowest BCUT2D eigenvalue weighted by Crippen LogP contribution is -2.08. The van der Waals surface area contributed by atoms with Crippen molar-refractivity contribution in [1.29, 1.82) is 0 Å². The molecule has 0 bridgehead atoms. The van der Waals surface area contributed by atoms with E-state index in [0.717, 1.165) is 54.6 Å². The zero-order valence-corrected chi connectivity index (χ0v) is 11.2. The number of nitrogens with one attached hydrogen (secondary N) is 1. The summed E-state index contributed by atoms with van der Waals surface area (Å²) in [7, 11) is 1.97. The van der Waals surface area contributed by atoms with Gasteiger partial charge in [-0.3, -0.25) is 0 Å². The van der Waals surface area contributed by atoms with Gasteiger partial charge in [-0.25, -0.2) is 0 Å². The van der Waals surface area contributed by atoms with Crippen LogP contribution >= 0.6 is 11.3 Å². The fraction of sp³-hybridized carbons (Fsp3) is 0.727. The quantitative estimate of drug-likeness (QED) is 0.824. The Bertz CT molecular complexity index is 516. The molecule has 0 radical (unpaired) electrons. The van der Waals surface area contributed by atoms with E-state index in [4.69, 9.17) is 4.74 Å². The van der Waals surface area contributed by atoms with E-state index in [-0.39, 0.29) is 6.10 Å². The summed E-state index contributed by atoms with van der Waals surface area (Å²) < 4.78 is 7.50. The monoisotopic (exact) mass is 267 g/mol. The molecule has 0 aromatic carbocycles. The zero-order chi connectivity index (χ0) is 12.4. The average molecular weight is 267 g/mol. The van der Waals surface area contributed by atoms with Crippen LogP contribution in [0.2, 0.25) is 0 Å². The topological polar surface area (TPSA) is 64.3 Å². The van der Waals surface area contributed by atoms with Gasteiger partial charge in [0.05, 0.1) is 0 Å². The van der Waals surface area contributed by atoms with Crippen LogP contribution in [0.25, 0.3) is 4.96 Å². The van der Waals surface area contributed by atoms with Gasteiger partial charge >= 0.3 is 0 Å². The van der Waals surface area contributed by atoms with Crippen molar-refractivity contribution < 1.29 is 4.74 Å². The van der Waals surface area contributed by atoms with Crippen molar-refractivity contribution in [2.24, 2.45) is 0 Å². The number of fused-ring (bicyclic) bond motifs is 1. The van der Waals surface area contributed by atoms with E-state index in [1.807, 2.05) is 11.6 Å². The lowest BCUT2D eigenvalue weighted by Gasteiger charge is -2.04. The van der Waals surface area contributed by atoms with Crippen LogP contribution < -0.4 is 5.32 Å². The Hall–Kier alpha value is -1.05. The van der Waals surface area contributed by atoms with Gasteiger partial charge in [0.15, 0.2) is 5.82 Å². The first-order chi connectivity index (χ1) is 8.88. The highest BCUT2D eigenvalue weighted by atomic mass is 32.1. The van der Waals surface area contributed by atoms with Gasteiger partial charge in [-0.05, 0) is 32.9 Å². The summed E-state index contributed by atoms with van der Waals surface area (Å²) in [5.41, 5.74) is 0. The Kier molecular flexibility index (Phi) is 3.53. The molecule has 7 heteroatoms. The molecule has 1 fully saturated rings. The van der Waals surface area contributed by atoms with E-state index in [0.29, 0.717) is 0 Å². The largest absolute Gasteiger partial charge is 0.370 e. The summed E-state index contributed by atoms with van der Waals surface area (Å²) >= 11 is 1.62. The summed E-state index contributed by atoms with van der Waals surface area (Å²) in [6.07, 6.45) is 4.27. The summed E-state index contributed by atoms with van der Waals surface area (Å²) in [6, 6.07) is 0. The molecule has 1 N–H and O–H groups in total. The number of nitrogens with zero attached hydrogens (tertiary/aromatic N) is 4. The lowest BCUT2D eigenvalue weighted by atomic mass is 10.2. The standard InChI is InChI=1S/C11H17N5OS/c1-12-6-2-5-9-15-16-10(8-4-3-7-17-8)13-14-11(16)18-9/h8,12H,2-7H2,1H3. The van der Waals surface area contributed by atoms with Crippen LogP contribution in [0.15, 0.2) is 0 Å². The molecule has 6 nitrogen and oxygen atoms in total. The van der Waals surface area contributed by atoms with Gasteiger partial charge in [0.25, 0.3) is 0 Å². The maximum atomic E-state index is 5.64. The lowest BCUT2D eigenvalue weighted by molar-refractivity contribution is 0.103. The number of hydrogen-bond acceptors (Lipinski definition) is 6. The molecule has 1 aliphatic rings. The maximum absolute atomic E-state index is 5.64. The second-order valence-electron chi connectivity index (χ2n) is 4.46. The predicted octanol–water partition coefficient (Wildman–Crippen LogP) is 1.19. The number of aromatic nitrogens is 4. The molecule has 0 amide bonds. The molecule has 1 atom stereocenters. The molecule has 18 heavy (non-hydrogen) atoms. The smallest absolute Gasteiger partial charge is 0.234 e. The van der Waals surface area contributed by atoms with Crippen LogP contribution in [0.5, 0.6) is 0 Å². The minimum atomic E-state index is 0.0762. The normalized spacial score (nSPS) is 19.9. The number of rotatable bonds is 5. The van der Waals surface area contributed by atoms with E-state index in [9.17, 15) is 0 Å². The Morgan fingerprint density at radius 2 is 2.44 bits per heavy atom. The summed E-state index contributed by atoms with van der Waals surface area (Å²) in [6.45, 7) is 1.83. The number of ether oxygens (including phenoxy) is 1. The van der Waals surface area contributed by atoms with Crippen molar-refractivity contribution in [2.45, 2.75) is 31.8 Å². The van der Waals surface area contributed by atoms with Crippen molar-refractivity contribution in [1.82, 2.24) is 25.1 Å². The van der Waals surface area contributed by atoms with Crippen LogP contribution in [0, 0.1) is 0 Å². The highest BCUT2D eigenvalue weighted by Crippen LogP contribution is 2.28. The second-order valence-corrected chi connectivity index (χ2v) is 5.50. The van der Waals surface area contributed by atoms with Gasteiger partial charge in [0.2, 0.25) is 4.96 Å². The number of hydrogen-bond donors (Lipinski definition) is 1. The first-order valence-corrected chi connectivity index (χ1v) is 7.17. The molecule has 1 aliphatic heterocycles. The third-order valence-electron chi connectivity index (χ3n) is 3.09. The van der Waals surface area contributed by atoms with Gasteiger partial charge < -0.3 is 10.1 Å². The summed E-state index contributed by atoms with van der Waals surface area (Å²) in [4.78, 5) is 0.875. The molecule has 2 aromatic rings. The van der Waals surface area contributed by atoms with Crippen molar-refractivity contribution in [2.75, 3.05) is 20.2 Å². The Balaban J connectivity index is 1.79. The van der Waals surface area contributed by atoms with Gasteiger partial charge in [0, 0.05) is 13.0 Å². The Morgan fingerprint density at radius 3 is 3.22 bits per heavy atom. The van der Waals surface area contributed by atoms with Gasteiger partial charge in [-0.15, -0.1) is 10.2 Å². The SMILES string of the molecule is CNCCCc1nn2c(C3CCCO3)nnc2s1. The molecule has 0 spiro atoms. The van der Waals surface area contributed by atoms with Gasteiger partial charge in [-0.1, -0.05) is 11.3 Å². The second kappa shape index (κ2) is 5.29. The van der Waals surface area contributed by atoms with Crippen LogP contribution in [0.4, 0.5) is 0 Å². The molecule has 3 heterocycles. The zero-order valence-electron chi connectivity index (χ0n) is 10.4. The third kappa shape index (κ3) is 2.25. The molecule has 0 aliphatic carbocycles. The first-order valence-electron chi connectivity index (χ1n) is 6.35. The van der Waals surface area contributed by atoms with E-state index in [2.05, 4.69) is 20.6 Å². The van der Waals surface area contributed by atoms with E-state index in [1.165, 1.54) is 0 Å². The molecule has 2 aromatic heterocycles. The molecule has 0 saturated carbocycles. The maximum Gasteiger partial charge on any atom is 0.234 e. The Morgan fingerprint density at radius 1 is 1.50 bits per heavy atom. The Labute approximate surface area is 109 Å². The van der Waals surface area contributed by atoms with E-state index in [1.54, 1.807) is 11.3 Å². The van der Waals surface area contributed by atoms with Crippen LogP contribution in [0.1, 0.15) is 36.2 Å². The van der Waals surface area contributed by atoms with Crippen molar-refractivity contribution >= 4 is 16.3 Å². The summed E-state index contributed by atoms with van der Waals surface area (Å²) in [5.74, 6) is 0.860. The van der Waals surface area contributed by atoms with Gasteiger partial charge in [-0.2, -0.15) is 9.61 Å². The fourth-order valence-corrected chi connectivity index (χ4v) is 3.05. The molecule has 3 rings (SSSR count). The van der Waals surface area contributed by atoms with E-state index < -0.39 is 0 Å². The minimum absolute atomic E-state index is 0.0762. The number of aryl methyl sites for hydroxylation is 1. The van der Waals surface area contributed by atoms with Gasteiger partial charge in [0.1, 0.15) is 11.1 Å².